The van der Waals surface area contributed by atoms with E-state index in [4.69, 9.17) is 5.73 Å². The number of benzene rings is 1. The van der Waals surface area contributed by atoms with Crippen LogP contribution in [0.3, 0.4) is 0 Å². The van der Waals surface area contributed by atoms with E-state index in [9.17, 15) is 0 Å². The SMILES string of the molecule is CC(C)CN(C)C(C)c1cccc(N)c1. The van der Waals surface area contributed by atoms with Crippen molar-refractivity contribution in [3.8, 4) is 0 Å². The minimum Gasteiger partial charge on any atom is -0.399 e. The monoisotopic (exact) mass is 206 g/mol. The summed E-state index contributed by atoms with van der Waals surface area (Å²) < 4.78 is 0. The molecule has 15 heavy (non-hydrogen) atoms. The Morgan fingerprint density at radius 1 is 1.27 bits per heavy atom. The summed E-state index contributed by atoms with van der Waals surface area (Å²) in [5, 5.41) is 0. The summed E-state index contributed by atoms with van der Waals surface area (Å²) in [6, 6.07) is 8.57. The molecule has 1 rings (SSSR count). The maximum Gasteiger partial charge on any atom is 0.0317 e. The van der Waals surface area contributed by atoms with E-state index in [2.05, 4.69) is 44.9 Å². The zero-order valence-corrected chi connectivity index (χ0v) is 10.2. The van der Waals surface area contributed by atoms with Gasteiger partial charge in [0.05, 0.1) is 0 Å². The molecule has 0 aromatic heterocycles. The van der Waals surface area contributed by atoms with Crippen molar-refractivity contribution in [1.82, 2.24) is 4.90 Å². The molecule has 0 saturated heterocycles. The van der Waals surface area contributed by atoms with Crippen molar-refractivity contribution in [3.05, 3.63) is 29.8 Å². The number of nitrogen functional groups attached to an aromatic ring is 1. The Bertz CT molecular complexity index is 307. The lowest BCUT2D eigenvalue weighted by atomic mass is 10.1. The molecule has 0 aliphatic rings. The molecule has 1 atom stereocenters. The van der Waals surface area contributed by atoms with Crippen molar-refractivity contribution in [2.45, 2.75) is 26.8 Å². The number of nitrogens with two attached hydrogens (primary N) is 1. The van der Waals surface area contributed by atoms with Crippen molar-refractivity contribution < 1.29 is 0 Å². The molecule has 0 aliphatic heterocycles. The molecule has 2 heteroatoms. The van der Waals surface area contributed by atoms with E-state index < -0.39 is 0 Å². The molecule has 2 nitrogen and oxygen atoms in total. The quantitative estimate of drug-likeness (QED) is 0.767. The predicted octanol–water partition coefficient (Wildman–Crippen LogP) is 2.92. The Balaban J connectivity index is 2.71. The highest BCUT2D eigenvalue weighted by atomic mass is 15.1. The van der Waals surface area contributed by atoms with Gasteiger partial charge in [0, 0.05) is 18.3 Å². The second kappa shape index (κ2) is 5.17. The second-order valence-electron chi connectivity index (χ2n) is 4.68. The maximum atomic E-state index is 5.78. The second-order valence-corrected chi connectivity index (χ2v) is 4.68. The van der Waals surface area contributed by atoms with Gasteiger partial charge in [-0.2, -0.15) is 0 Å². The van der Waals surface area contributed by atoms with Crippen LogP contribution in [0, 0.1) is 5.92 Å². The molecule has 0 heterocycles. The Hall–Kier alpha value is -1.02. The van der Waals surface area contributed by atoms with Crippen LogP contribution in [0.5, 0.6) is 0 Å². The van der Waals surface area contributed by atoms with Gasteiger partial charge in [-0.05, 0) is 37.6 Å². The van der Waals surface area contributed by atoms with Gasteiger partial charge >= 0.3 is 0 Å². The summed E-state index contributed by atoms with van der Waals surface area (Å²) in [5.74, 6) is 0.693. The molecule has 0 aliphatic carbocycles. The van der Waals surface area contributed by atoms with Crippen LogP contribution in [0.15, 0.2) is 24.3 Å². The molecule has 0 saturated carbocycles. The van der Waals surface area contributed by atoms with Crippen LogP contribution in [0.4, 0.5) is 5.69 Å². The first kappa shape index (κ1) is 12.1. The van der Waals surface area contributed by atoms with Crippen LogP contribution in [0.1, 0.15) is 32.4 Å². The van der Waals surface area contributed by atoms with E-state index in [1.54, 1.807) is 0 Å². The third kappa shape index (κ3) is 3.56. The van der Waals surface area contributed by atoms with Gasteiger partial charge in [0.25, 0.3) is 0 Å². The summed E-state index contributed by atoms with van der Waals surface area (Å²) in [5.41, 5.74) is 7.91. The molecule has 0 fully saturated rings. The molecule has 1 aromatic rings. The smallest absolute Gasteiger partial charge is 0.0317 e. The Morgan fingerprint density at radius 3 is 2.47 bits per heavy atom. The van der Waals surface area contributed by atoms with Gasteiger partial charge in [0.2, 0.25) is 0 Å². The van der Waals surface area contributed by atoms with Crippen molar-refractivity contribution in [1.29, 1.82) is 0 Å². The predicted molar refractivity (Wildman–Crippen MR) is 66.7 cm³/mol. The molecule has 0 radical (unpaired) electrons. The van der Waals surface area contributed by atoms with Crippen LogP contribution in [-0.2, 0) is 0 Å². The number of hydrogen-bond donors (Lipinski definition) is 1. The summed E-state index contributed by atoms with van der Waals surface area (Å²) in [7, 11) is 2.16. The number of anilines is 1. The largest absolute Gasteiger partial charge is 0.399 e. The van der Waals surface area contributed by atoms with E-state index in [0.717, 1.165) is 12.2 Å². The van der Waals surface area contributed by atoms with Crippen LogP contribution in [0.25, 0.3) is 0 Å². The fraction of sp³-hybridized carbons (Fsp3) is 0.538. The zero-order valence-electron chi connectivity index (χ0n) is 10.2. The molecule has 0 bridgehead atoms. The average Bonchev–Trinajstić information content (AvgIpc) is 2.15. The number of rotatable bonds is 4. The van der Waals surface area contributed by atoms with Gasteiger partial charge in [0.1, 0.15) is 0 Å². The zero-order chi connectivity index (χ0) is 11.4. The van der Waals surface area contributed by atoms with E-state index in [1.807, 2.05) is 12.1 Å². The summed E-state index contributed by atoms with van der Waals surface area (Å²) in [4.78, 5) is 2.36. The summed E-state index contributed by atoms with van der Waals surface area (Å²) in [6.07, 6.45) is 0. The summed E-state index contributed by atoms with van der Waals surface area (Å²) >= 11 is 0. The molecular weight excluding hydrogens is 184 g/mol. The van der Waals surface area contributed by atoms with Gasteiger partial charge in [-0.25, -0.2) is 0 Å². The highest BCUT2D eigenvalue weighted by molar-refractivity contribution is 5.41. The fourth-order valence-electron chi connectivity index (χ4n) is 1.81. The van der Waals surface area contributed by atoms with Gasteiger partial charge in [-0.1, -0.05) is 26.0 Å². The molecule has 1 unspecified atom stereocenters. The van der Waals surface area contributed by atoms with Crippen LogP contribution < -0.4 is 5.73 Å². The average molecular weight is 206 g/mol. The topological polar surface area (TPSA) is 29.3 Å². The van der Waals surface area contributed by atoms with Crippen molar-refractivity contribution in [2.24, 2.45) is 5.92 Å². The van der Waals surface area contributed by atoms with E-state index in [0.29, 0.717) is 12.0 Å². The van der Waals surface area contributed by atoms with E-state index in [1.165, 1.54) is 5.56 Å². The molecule has 0 spiro atoms. The lowest BCUT2D eigenvalue weighted by Gasteiger charge is -2.26. The minimum atomic E-state index is 0.427. The standard InChI is InChI=1S/C13H22N2/c1-10(2)9-15(4)11(3)12-6-5-7-13(14)8-12/h5-8,10-11H,9,14H2,1-4H3. The summed E-state index contributed by atoms with van der Waals surface area (Å²) in [6.45, 7) is 7.80. The third-order valence-electron chi connectivity index (χ3n) is 2.71. The van der Waals surface area contributed by atoms with Gasteiger partial charge in [-0.3, -0.25) is 4.90 Å². The van der Waals surface area contributed by atoms with Crippen LogP contribution in [-0.4, -0.2) is 18.5 Å². The van der Waals surface area contributed by atoms with Gasteiger partial charge < -0.3 is 5.73 Å². The van der Waals surface area contributed by atoms with Crippen molar-refractivity contribution in [3.63, 3.8) is 0 Å². The molecule has 2 N–H and O–H groups in total. The Kier molecular flexibility index (Phi) is 4.15. The highest BCUT2D eigenvalue weighted by Crippen LogP contribution is 2.21. The van der Waals surface area contributed by atoms with Crippen LogP contribution >= 0.6 is 0 Å². The lowest BCUT2D eigenvalue weighted by molar-refractivity contribution is 0.233. The van der Waals surface area contributed by atoms with Crippen molar-refractivity contribution >= 4 is 5.69 Å². The first-order valence-corrected chi connectivity index (χ1v) is 5.56. The normalized spacial score (nSPS) is 13.5. The fourth-order valence-corrected chi connectivity index (χ4v) is 1.81. The van der Waals surface area contributed by atoms with Crippen molar-refractivity contribution in [2.75, 3.05) is 19.3 Å². The third-order valence-corrected chi connectivity index (χ3v) is 2.71. The lowest BCUT2D eigenvalue weighted by Crippen LogP contribution is -2.26. The first-order valence-electron chi connectivity index (χ1n) is 5.56. The van der Waals surface area contributed by atoms with Gasteiger partial charge in [-0.15, -0.1) is 0 Å². The Labute approximate surface area is 93.1 Å². The molecule has 1 aromatic carbocycles. The molecule has 0 amide bonds. The highest BCUT2D eigenvalue weighted by Gasteiger charge is 2.12. The minimum absolute atomic E-state index is 0.427. The van der Waals surface area contributed by atoms with Gasteiger partial charge in [0.15, 0.2) is 0 Å². The number of nitrogens with zero attached hydrogens (tertiary/aromatic N) is 1. The molecular formula is C13H22N2. The number of hydrogen-bond acceptors (Lipinski definition) is 2. The molecule has 84 valence electrons. The van der Waals surface area contributed by atoms with E-state index >= 15 is 0 Å². The maximum absolute atomic E-state index is 5.78. The Morgan fingerprint density at radius 2 is 1.93 bits per heavy atom. The van der Waals surface area contributed by atoms with E-state index in [-0.39, 0.29) is 0 Å². The van der Waals surface area contributed by atoms with Crippen LogP contribution in [0.2, 0.25) is 0 Å². The first-order chi connectivity index (χ1) is 7.00.